The zero-order chi connectivity index (χ0) is 27.6. The molecule has 2 aromatic heterocycles. The number of aromatic nitrogens is 3. The van der Waals surface area contributed by atoms with Gasteiger partial charge >= 0.3 is 0 Å². The second-order valence-electron chi connectivity index (χ2n) is 9.99. The lowest BCUT2D eigenvalue weighted by atomic mass is 10.00. The standard InChI is InChI=1S/C32H28FN5O2/c1-19-12-22(31-35-17-24(18-36-31)20-8-10-34-11-9-20)14-23(13-19)32(40)38-30(26-16-25(33)6-7-29(26)39)28-15-21-4-2-3-5-27(21)37-28/h2-8,12-18,30,34,37,39H,9-11H2,1H3,(H,38,40)/t30-/m1/s1. The van der Waals surface area contributed by atoms with E-state index in [0.29, 0.717) is 22.6 Å². The van der Waals surface area contributed by atoms with Crippen LogP contribution in [0.15, 0.2) is 85.2 Å². The van der Waals surface area contributed by atoms with Crippen LogP contribution in [0.25, 0.3) is 27.9 Å². The molecule has 3 aromatic carbocycles. The van der Waals surface area contributed by atoms with Gasteiger partial charge in [0.2, 0.25) is 0 Å². The van der Waals surface area contributed by atoms with Crippen molar-refractivity contribution in [1.29, 1.82) is 0 Å². The van der Waals surface area contributed by atoms with Crippen molar-refractivity contribution >= 4 is 22.4 Å². The van der Waals surface area contributed by atoms with Crippen LogP contribution in [0.5, 0.6) is 5.75 Å². The summed E-state index contributed by atoms with van der Waals surface area (Å²) in [5.74, 6) is -0.491. The first-order chi connectivity index (χ1) is 19.4. The highest BCUT2D eigenvalue weighted by Gasteiger charge is 2.24. The minimum absolute atomic E-state index is 0.118. The van der Waals surface area contributed by atoms with Gasteiger partial charge in [-0.05, 0) is 84.9 Å². The largest absolute Gasteiger partial charge is 0.508 e. The molecular weight excluding hydrogens is 505 g/mol. The van der Waals surface area contributed by atoms with Crippen molar-refractivity contribution in [3.63, 3.8) is 0 Å². The van der Waals surface area contributed by atoms with E-state index in [1.165, 1.54) is 23.8 Å². The number of benzene rings is 3. The maximum Gasteiger partial charge on any atom is 0.252 e. The molecule has 0 bridgehead atoms. The van der Waals surface area contributed by atoms with E-state index in [2.05, 4.69) is 31.7 Å². The first kappa shape index (κ1) is 25.5. The number of phenolic OH excluding ortho intramolecular Hbond substituents is 1. The number of carbonyl (C=O) groups excluding carboxylic acids is 1. The van der Waals surface area contributed by atoms with E-state index in [-0.39, 0.29) is 17.2 Å². The molecule has 1 aliphatic heterocycles. The Kier molecular flexibility index (Phi) is 6.84. The predicted molar refractivity (Wildman–Crippen MR) is 153 cm³/mol. The van der Waals surface area contributed by atoms with Gasteiger partial charge in [0.05, 0.1) is 6.04 Å². The normalized spacial score (nSPS) is 14.1. The summed E-state index contributed by atoms with van der Waals surface area (Å²) in [5.41, 5.74) is 5.93. The van der Waals surface area contributed by atoms with Crippen molar-refractivity contribution in [1.82, 2.24) is 25.6 Å². The van der Waals surface area contributed by atoms with E-state index in [9.17, 15) is 14.3 Å². The molecule has 0 saturated carbocycles. The number of carbonyl (C=O) groups is 1. The number of para-hydroxylation sites is 1. The number of nitrogens with zero attached hydrogens (tertiary/aromatic N) is 2. The molecule has 0 fully saturated rings. The van der Waals surface area contributed by atoms with Gasteiger partial charge in [0.15, 0.2) is 5.82 Å². The minimum atomic E-state index is -0.826. The lowest BCUT2D eigenvalue weighted by Gasteiger charge is -2.20. The first-order valence-corrected chi connectivity index (χ1v) is 13.2. The molecule has 40 heavy (non-hydrogen) atoms. The molecule has 0 aliphatic carbocycles. The number of aromatic hydroxyl groups is 1. The summed E-state index contributed by atoms with van der Waals surface area (Å²) in [7, 11) is 0. The second-order valence-corrected chi connectivity index (χ2v) is 9.99. The number of rotatable bonds is 6. The van der Waals surface area contributed by atoms with E-state index in [1.54, 1.807) is 12.1 Å². The Balaban J connectivity index is 1.33. The Bertz CT molecular complexity index is 1710. The first-order valence-electron chi connectivity index (χ1n) is 13.2. The summed E-state index contributed by atoms with van der Waals surface area (Å²) in [6.45, 7) is 3.67. The minimum Gasteiger partial charge on any atom is -0.508 e. The highest BCUT2D eigenvalue weighted by Crippen LogP contribution is 2.32. The number of halogens is 1. The molecular formula is C32H28FN5O2. The zero-order valence-corrected chi connectivity index (χ0v) is 21.9. The van der Waals surface area contributed by atoms with Gasteiger partial charge in [-0.2, -0.15) is 0 Å². The molecule has 5 aromatic rings. The Morgan fingerprint density at radius 3 is 2.62 bits per heavy atom. The lowest BCUT2D eigenvalue weighted by molar-refractivity contribution is 0.0942. The van der Waals surface area contributed by atoms with Crippen molar-refractivity contribution in [2.75, 3.05) is 13.1 Å². The fraction of sp³-hybridized carbons (Fsp3) is 0.156. The van der Waals surface area contributed by atoms with Gasteiger partial charge in [0.1, 0.15) is 11.6 Å². The smallest absolute Gasteiger partial charge is 0.252 e. The van der Waals surface area contributed by atoms with Crippen LogP contribution in [0.3, 0.4) is 0 Å². The molecule has 6 rings (SSSR count). The molecule has 1 atom stereocenters. The third kappa shape index (κ3) is 5.21. The van der Waals surface area contributed by atoms with Crippen molar-refractivity contribution in [2.24, 2.45) is 0 Å². The van der Waals surface area contributed by atoms with Crippen LogP contribution in [0, 0.1) is 12.7 Å². The van der Waals surface area contributed by atoms with Gasteiger partial charge < -0.3 is 20.7 Å². The molecule has 200 valence electrons. The molecule has 1 amide bonds. The summed E-state index contributed by atoms with van der Waals surface area (Å²) in [4.78, 5) is 26.1. The average molecular weight is 534 g/mol. The summed E-state index contributed by atoms with van der Waals surface area (Å²) >= 11 is 0. The van der Waals surface area contributed by atoms with E-state index in [1.807, 2.05) is 55.7 Å². The van der Waals surface area contributed by atoms with Gasteiger partial charge in [0.25, 0.3) is 5.91 Å². The van der Waals surface area contributed by atoms with Crippen molar-refractivity contribution in [2.45, 2.75) is 19.4 Å². The quantitative estimate of drug-likeness (QED) is 0.225. The number of amides is 1. The Morgan fingerprint density at radius 1 is 1.02 bits per heavy atom. The molecule has 7 nitrogen and oxygen atoms in total. The maximum absolute atomic E-state index is 14.3. The number of fused-ring (bicyclic) bond motifs is 1. The van der Waals surface area contributed by atoms with Crippen LogP contribution >= 0.6 is 0 Å². The highest BCUT2D eigenvalue weighted by molar-refractivity contribution is 5.96. The van der Waals surface area contributed by atoms with Gasteiger partial charge in [-0.1, -0.05) is 24.3 Å². The summed E-state index contributed by atoms with van der Waals surface area (Å²) in [6.07, 6.45) is 6.72. The van der Waals surface area contributed by atoms with Crippen molar-refractivity contribution in [3.05, 3.63) is 119 Å². The molecule has 1 aliphatic rings. The third-order valence-corrected chi connectivity index (χ3v) is 7.12. The number of H-pyrrole nitrogens is 1. The Hall–Kier alpha value is -4.82. The highest BCUT2D eigenvalue weighted by atomic mass is 19.1. The number of hydrogen-bond donors (Lipinski definition) is 4. The predicted octanol–water partition coefficient (Wildman–Crippen LogP) is 5.67. The van der Waals surface area contributed by atoms with Crippen LogP contribution in [-0.2, 0) is 0 Å². The van der Waals surface area contributed by atoms with Crippen LogP contribution in [0.2, 0.25) is 0 Å². The number of hydrogen-bond acceptors (Lipinski definition) is 5. The molecule has 0 spiro atoms. The molecule has 4 N–H and O–H groups in total. The third-order valence-electron chi connectivity index (χ3n) is 7.12. The van der Waals surface area contributed by atoms with Gasteiger partial charge in [-0.15, -0.1) is 0 Å². The molecule has 0 unspecified atom stereocenters. The molecule has 3 heterocycles. The van der Waals surface area contributed by atoms with E-state index < -0.39 is 11.9 Å². The van der Waals surface area contributed by atoms with Gasteiger partial charge in [-0.25, -0.2) is 14.4 Å². The Morgan fingerprint density at radius 2 is 1.85 bits per heavy atom. The zero-order valence-electron chi connectivity index (χ0n) is 21.9. The van der Waals surface area contributed by atoms with Crippen LogP contribution in [-0.4, -0.2) is 39.1 Å². The second kappa shape index (κ2) is 10.7. The maximum atomic E-state index is 14.3. The number of aryl methyl sites for hydroxylation is 1. The number of nitrogens with one attached hydrogen (secondary N) is 3. The van der Waals surface area contributed by atoms with E-state index >= 15 is 0 Å². The monoisotopic (exact) mass is 533 g/mol. The van der Waals surface area contributed by atoms with E-state index in [4.69, 9.17) is 0 Å². The Labute approximate surface area is 230 Å². The van der Waals surface area contributed by atoms with Gasteiger partial charge in [0, 0.05) is 52.4 Å². The van der Waals surface area contributed by atoms with Crippen LogP contribution in [0.1, 0.15) is 45.2 Å². The number of phenols is 1. The molecule has 0 saturated heterocycles. The van der Waals surface area contributed by atoms with Crippen molar-refractivity contribution in [3.8, 4) is 17.1 Å². The van der Waals surface area contributed by atoms with Crippen molar-refractivity contribution < 1.29 is 14.3 Å². The van der Waals surface area contributed by atoms with Crippen LogP contribution in [0.4, 0.5) is 4.39 Å². The SMILES string of the molecule is Cc1cc(C(=O)N[C@@H](c2cc3ccccc3[nH]2)c2cc(F)ccc2O)cc(-c2ncc(C3=CCNCC3)cn2)c1. The summed E-state index contributed by atoms with van der Waals surface area (Å²) in [5, 5.41) is 17.9. The van der Waals surface area contributed by atoms with Crippen LogP contribution < -0.4 is 10.6 Å². The average Bonchev–Trinajstić information content (AvgIpc) is 3.41. The topological polar surface area (TPSA) is 103 Å². The lowest BCUT2D eigenvalue weighted by Crippen LogP contribution is -2.30. The van der Waals surface area contributed by atoms with Gasteiger partial charge in [-0.3, -0.25) is 4.79 Å². The number of aromatic amines is 1. The summed E-state index contributed by atoms with van der Waals surface area (Å²) in [6, 6.07) is 17.9. The molecule has 0 radical (unpaired) electrons. The molecule has 8 heteroatoms. The summed E-state index contributed by atoms with van der Waals surface area (Å²) < 4.78 is 14.3. The fourth-order valence-corrected chi connectivity index (χ4v) is 5.12. The fourth-order valence-electron chi connectivity index (χ4n) is 5.12. The van der Waals surface area contributed by atoms with E-state index in [0.717, 1.165) is 41.5 Å².